The van der Waals surface area contributed by atoms with Crippen molar-refractivity contribution in [2.24, 2.45) is 5.92 Å². The van der Waals surface area contributed by atoms with Crippen molar-refractivity contribution < 1.29 is 8.42 Å². The molecule has 1 aromatic rings. The van der Waals surface area contributed by atoms with Gasteiger partial charge in [0.25, 0.3) is 0 Å². The van der Waals surface area contributed by atoms with Crippen LogP contribution in [0.5, 0.6) is 0 Å². The zero-order chi connectivity index (χ0) is 13.9. The van der Waals surface area contributed by atoms with Crippen molar-refractivity contribution in [1.29, 1.82) is 0 Å². The highest BCUT2D eigenvalue weighted by Gasteiger charge is 2.20. The van der Waals surface area contributed by atoms with Gasteiger partial charge in [-0.1, -0.05) is 12.8 Å². The van der Waals surface area contributed by atoms with E-state index >= 15 is 0 Å². The summed E-state index contributed by atoms with van der Waals surface area (Å²) in [5, 5.41) is 3.32. The Morgan fingerprint density at radius 2 is 1.84 bits per heavy atom. The molecule has 1 saturated carbocycles. The molecule has 0 radical (unpaired) electrons. The summed E-state index contributed by atoms with van der Waals surface area (Å²) in [6.07, 6.45) is 3.93. The SMILES string of the molecule is CC(C)NS(=O)(=O)c1ccc(NCCC2CC2)cc1. The van der Waals surface area contributed by atoms with Crippen LogP contribution >= 0.6 is 0 Å². The lowest BCUT2D eigenvalue weighted by atomic mass is 10.2. The molecule has 5 heteroatoms. The van der Waals surface area contributed by atoms with Crippen LogP contribution < -0.4 is 10.0 Å². The van der Waals surface area contributed by atoms with Crippen molar-refractivity contribution in [3.63, 3.8) is 0 Å². The molecule has 0 heterocycles. The highest BCUT2D eigenvalue weighted by molar-refractivity contribution is 7.89. The van der Waals surface area contributed by atoms with Crippen LogP contribution in [0.25, 0.3) is 0 Å². The molecule has 0 amide bonds. The molecule has 106 valence electrons. The first-order chi connectivity index (χ1) is 8.97. The second-order valence-corrected chi connectivity index (χ2v) is 7.17. The molecule has 0 aromatic heterocycles. The Balaban J connectivity index is 1.92. The molecule has 0 unspecified atom stereocenters. The number of benzene rings is 1. The van der Waals surface area contributed by atoms with Gasteiger partial charge < -0.3 is 5.32 Å². The molecule has 1 aromatic carbocycles. The number of anilines is 1. The lowest BCUT2D eigenvalue weighted by Crippen LogP contribution is -2.30. The first-order valence-electron chi connectivity index (χ1n) is 6.83. The topological polar surface area (TPSA) is 58.2 Å². The van der Waals surface area contributed by atoms with Crippen molar-refractivity contribution in [2.45, 2.75) is 44.0 Å². The van der Waals surface area contributed by atoms with Crippen LogP contribution in [0, 0.1) is 5.92 Å². The molecule has 0 aliphatic heterocycles. The molecule has 0 bridgehead atoms. The second-order valence-electron chi connectivity index (χ2n) is 5.46. The number of nitrogens with one attached hydrogen (secondary N) is 2. The van der Waals surface area contributed by atoms with Crippen LogP contribution in [0.4, 0.5) is 5.69 Å². The smallest absolute Gasteiger partial charge is 0.240 e. The van der Waals surface area contributed by atoms with Crippen LogP contribution in [0.3, 0.4) is 0 Å². The summed E-state index contributed by atoms with van der Waals surface area (Å²) >= 11 is 0. The van der Waals surface area contributed by atoms with E-state index in [0.29, 0.717) is 4.90 Å². The van der Waals surface area contributed by atoms with E-state index in [1.54, 1.807) is 12.1 Å². The molecular formula is C14H22N2O2S. The van der Waals surface area contributed by atoms with Crippen molar-refractivity contribution in [2.75, 3.05) is 11.9 Å². The maximum atomic E-state index is 11.9. The molecule has 1 aliphatic carbocycles. The van der Waals surface area contributed by atoms with Crippen molar-refractivity contribution >= 4 is 15.7 Å². The zero-order valence-electron chi connectivity index (χ0n) is 11.5. The van der Waals surface area contributed by atoms with Gasteiger partial charge in [-0.3, -0.25) is 0 Å². The van der Waals surface area contributed by atoms with E-state index in [2.05, 4.69) is 10.0 Å². The molecule has 2 N–H and O–H groups in total. The van der Waals surface area contributed by atoms with Gasteiger partial charge in [-0.25, -0.2) is 13.1 Å². The fourth-order valence-electron chi connectivity index (χ4n) is 1.96. The third kappa shape index (κ3) is 4.51. The van der Waals surface area contributed by atoms with Crippen molar-refractivity contribution in [1.82, 2.24) is 4.72 Å². The third-order valence-corrected chi connectivity index (χ3v) is 4.81. The van der Waals surface area contributed by atoms with Gasteiger partial charge in [0.1, 0.15) is 0 Å². The molecule has 4 nitrogen and oxygen atoms in total. The quantitative estimate of drug-likeness (QED) is 0.808. The molecule has 1 aliphatic rings. The lowest BCUT2D eigenvalue weighted by Gasteiger charge is -2.10. The molecule has 0 atom stereocenters. The number of hydrogen-bond donors (Lipinski definition) is 2. The van der Waals surface area contributed by atoms with E-state index in [1.165, 1.54) is 19.3 Å². The van der Waals surface area contributed by atoms with E-state index in [9.17, 15) is 8.42 Å². The van der Waals surface area contributed by atoms with Gasteiger partial charge in [-0.15, -0.1) is 0 Å². The maximum Gasteiger partial charge on any atom is 0.240 e. The summed E-state index contributed by atoms with van der Waals surface area (Å²) in [5.41, 5.74) is 0.976. The van der Waals surface area contributed by atoms with Crippen molar-refractivity contribution in [3.8, 4) is 0 Å². The number of hydrogen-bond acceptors (Lipinski definition) is 3. The average Bonchev–Trinajstić information content (AvgIpc) is 3.12. The molecular weight excluding hydrogens is 260 g/mol. The Morgan fingerprint density at radius 3 is 2.37 bits per heavy atom. The molecule has 2 rings (SSSR count). The molecule has 0 saturated heterocycles. The Labute approximate surface area is 115 Å². The summed E-state index contributed by atoms with van der Waals surface area (Å²) in [6, 6.07) is 6.83. The van der Waals surface area contributed by atoms with Gasteiger partial charge in [-0.2, -0.15) is 0 Å². The summed E-state index contributed by atoms with van der Waals surface area (Å²) in [7, 11) is -3.38. The van der Waals surface area contributed by atoms with Gasteiger partial charge in [0, 0.05) is 18.3 Å². The number of sulfonamides is 1. The van der Waals surface area contributed by atoms with Gasteiger partial charge in [0.15, 0.2) is 0 Å². The van der Waals surface area contributed by atoms with Crippen LogP contribution in [-0.2, 0) is 10.0 Å². The highest BCUT2D eigenvalue weighted by Crippen LogP contribution is 2.32. The Morgan fingerprint density at radius 1 is 1.21 bits per heavy atom. The van der Waals surface area contributed by atoms with E-state index < -0.39 is 10.0 Å². The normalized spacial score (nSPS) is 15.7. The van der Waals surface area contributed by atoms with Crippen molar-refractivity contribution in [3.05, 3.63) is 24.3 Å². The Kier molecular flexibility index (Phi) is 4.47. The Hall–Kier alpha value is -1.07. The Bertz CT molecular complexity index is 505. The summed E-state index contributed by atoms with van der Waals surface area (Å²) in [6.45, 7) is 4.58. The van der Waals surface area contributed by atoms with Gasteiger partial charge in [0.2, 0.25) is 10.0 Å². The molecule has 19 heavy (non-hydrogen) atoms. The number of rotatable bonds is 7. The monoisotopic (exact) mass is 282 g/mol. The van der Waals surface area contributed by atoms with Gasteiger partial charge in [0.05, 0.1) is 4.90 Å². The minimum Gasteiger partial charge on any atom is -0.385 e. The summed E-state index contributed by atoms with van der Waals surface area (Å²) in [5.74, 6) is 0.905. The van der Waals surface area contributed by atoms with E-state index in [1.807, 2.05) is 26.0 Å². The van der Waals surface area contributed by atoms with E-state index in [-0.39, 0.29) is 6.04 Å². The third-order valence-electron chi connectivity index (χ3n) is 3.13. The van der Waals surface area contributed by atoms with E-state index in [0.717, 1.165) is 18.2 Å². The highest BCUT2D eigenvalue weighted by atomic mass is 32.2. The standard InChI is InChI=1S/C14H22N2O2S/c1-11(2)16-19(17,18)14-7-5-13(6-8-14)15-10-9-12-3-4-12/h5-8,11-12,15-16H,3-4,9-10H2,1-2H3. The average molecular weight is 282 g/mol. The minimum absolute atomic E-state index is 0.0960. The van der Waals surface area contributed by atoms with E-state index in [4.69, 9.17) is 0 Å². The summed E-state index contributed by atoms with van der Waals surface area (Å²) in [4.78, 5) is 0.314. The van der Waals surface area contributed by atoms with Gasteiger partial charge in [-0.05, 0) is 50.5 Å². The molecule has 0 spiro atoms. The first kappa shape index (κ1) is 14.3. The largest absolute Gasteiger partial charge is 0.385 e. The maximum absolute atomic E-state index is 11.9. The van der Waals surface area contributed by atoms with Crippen LogP contribution in [-0.4, -0.2) is 21.0 Å². The van der Waals surface area contributed by atoms with Crippen LogP contribution in [0.15, 0.2) is 29.2 Å². The predicted octanol–water partition coefficient (Wildman–Crippen LogP) is 2.59. The fourth-order valence-corrected chi connectivity index (χ4v) is 3.21. The summed E-state index contributed by atoms with van der Waals surface area (Å²) < 4.78 is 26.4. The molecule has 1 fully saturated rings. The van der Waals surface area contributed by atoms with Crippen LogP contribution in [0.2, 0.25) is 0 Å². The van der Waals surface area contributed by atoms with Crippen LogP contribution in [0.1, 0.15) is 33.1 Å². The fraction of sp³-hybridized carbons (Fsp3) is 0.571. The van der Waals surface area contributed by atoms with Gasteiger partial charge >= 0.3 is 0 Å². The lowest BCUT2D eigenvalue weighted by molar-refractivity contribution is 0.570. The first-order valence-corrected chi connectivity index (χ1v) is 8.32. The predicted molar refractivity (Wildman–Crippen MR) is 77.7 cm³/mol. The second kappa shape index (κ2) is 5.92. The zero-order valence-corrected chi connectivity index (χ0v) is 12.3. The minimum atomic E-state index is -3.38.